The molecule has 1 heterocycles. The summed E-state index contributed by atoms with van der Waals surface area (Å²) in [4.78, 5) is 16.8. The largest absolute Gasteiger partial charge is 0.380 e. The van der Waals surface area contributed by atoms with Gasteiger partial charge in [0.05, 0.1) is 12.5 Å². The first-order valence-electron chi connectivity index (χ1n) is 8.13. The van der Waals surface area contributed by atoms with Crippen LogP contribution >= 0.6 is 0 Å². The summed E-state index contributed by atoms with van der Waals surface area (Å²) in [5.41, 5.74) is 8.56. The number of hydrogen-bond donors (Lipinski definition) is 2. The first kappa shape index (κ1) is 17.1. The predicted molar refractivity (Wildman–Crippen MR) is 99.3 cm³/mol. The van der Waals surface area contributed by atoms with Crippen LogP contribution in [0.3, 0.4) is 0 Å². The molecule has 5 nitrogen and oxygen atoms in total. The lowest BCUT2D eigenvalue weighted by Gasteiger charge is -2.16. The third-order valence-electron chi connectivity index (χ3n) is 4.15. The van der Waals surface area contributed by atoms with Crippen LogP contribution < -0.4 is 11.1 Å². The molecule has 1 aromatic heterocycles. The van der Waals surface area contributed by atoms with Gasteiger partial charge in [0, 0.05) is 37.1 Å². The monoisotopic (exact) mass is 335 g/mol. The van der Waals surface area contributed by atoms with E-state index in [1.165, 1.54) is 0 Å². The molecule has 0 radical (unpaired) electrons. The molecule has 128 valence electrons. The van der Waals surface area contributed by atoms with Gasteiger partial charge in [-0.3, -0.25) is 9.78 Å². The van der Waals surface area contributed by atoms with Crippen molar-refractivity contribution in [1.82, 2.24) is 4.98 Å². The number of nitrogens with zero attached hydrogens (tertiary/aromatic N) is 1. The van der Waals surface area contributed by atoms with Gasteiger partial charge in [-0.1, -0.05) is 30.3 Å². The van der Waals surface area contributed by atoms with Gasteiger partial charge in [-0.25, -0.2) is 0 Å². The van der Waals surface area contributed by atoms with Crippen LogP contribution in [0.15, 0.2) is 60.9 Å². The molecule has 5 heteroatoms. The molecule has 25 heavy (non-hydrogen) atoms. The molecule has 0 unspecified atom stereocenters. The van der Waals surface area contributed by atoms with E-state index in [0.29, 0.717) is 6.61 Å². The Morgan fingerprint density at radius 1 is 1.16 bits per heavy atom. The minimum Gasteiger partial charge on any atom is -0.380 e. The van der Waals surface area contributed by atoms with Crippen LogP contribution in [0.5, 0.6) is 0 Å². The number of carbonyl (C=O) groups excluding carboxylic acids is 1. The summed E-state index contributed by atoms with van der Waals surface area (Å²) >= 11 is 0. The summed E-state index contributed by atoms with van der Waals surface area (Å²) in [6.07, 6.45) is 3.53. The van der Waals surface area contributed by atoms with Crippen LogP contribution in [0.25, 0.3) is 10.8 Å². The second-order valence-electron chi connectivity index (χ2n) is 5.89. The van der Waals surface area contributed by atoms with Gasteiger partial charge in [0.15, 0.2) is 0 Å². The van der Waals surface area contributed by atoms with Crippen molar-refractivity contribution in [3.05, 3.63) is 72.1 Å². The van der Waals surface area contributed by atoms with Crippen molar-refractivity contribution in [3.63, 3.8) is 0 Å². The molecule has 3 rings (SSSR count). The van der Waals surface area contributed by atoms with E-state index in [0.717, 1.165) is 27.6 Å². The lowest BCUT2D eigenvalue weighted by Crippen LogP contribution is -2.27. The molecule has 0 aliphatic carbocycles. The third-order valence-corrected chi connectivity index (χ3v) is 4.15. The highest BCUT2D eigenvalue weighted by Gasteiger charge is 2.19. The Hall–Kier alpha value is -2.76. The van der Waals surface area contributed by atoms with Crippen LogP contribution in [0.2, 0.25) is 0 Å². The molecule has 0 spiro atoms. The lowest BCUT2D eigenvalue weighted by atomic mass is 9.97. The molecule has 2 aromatic carbocycles. The van der Waals surface area contributed by atoms with Gasteiger partial charge in [0.2, 0.25) is 5.91 Å². The van der Waals surface area contributed by atoms with Crippen LogP contribution in [-0.2, 0) is 16.1 Å². The number of rotatable bonds is 6. The molecule has 3 aromatic rings. The van der Waals surface area contributed by atoms with Gasteiger partial charge < -0.3 is 15.8 Å². The number of nitrogens with two attached hydrogens (primary N) is 1. The van der Waals surface area contributed by atoms with Crippen molar-refractivity contribution in [3.8, 4) is 0 Å². The highest BCUT2D eigenvalue weighted by molar-refractivity contribution is 5.98. The van der Waals surface area contributed by atoms with Crippen molar-refractivity contribution >= 4 is 22.4 Å². The Bertz CT molecular complexity index is 862. The zero-order valence-corrected chi connectivity index (χ0v) is 14.1. The SMILES string of the molecule is COCc1ccc([C@@H](CN)C(=O)Nc2ccc3cnccc3c2)cc1. The Morgan fingerprint density at radius 2 is 1.96 bits per heavy atom. The maximum Gasteiger partial charge on any atom is 0.233 e. The van der Waals surface area contributed by atoms with Crippen LogP contribution in [0, 0.1) is 0 Å². The molecule has 0 aliphatic rings. The second-order valence-corrected chi connectivity index (χ2v) is 5.89. The van der Waals surface area contributed by atoms with E-state index in [-0.39, 0.29) is 12.5 Å². The Kier molecular flexibility index (Phi) is 5.38. The number of methoxy groups -OCH3 is 1. The quantitative estimate of drug-likeness (QED) is 0.726. The van der Waals surface area contributed by atoms with Gasteiger partial charge >= 0.3 is 0 Å². The average molecular weight is 335 g/mol. The van der Waals surface area contributed by atoms with Crippen LogP contribution in [-0.4, -0.2) is 24.5 Å². The topological polar surface area (TPSA) is 77.2 Å². The van der Waals surface area contributed by atoms with E-state index in [1.807, 2.05) is 48.5 Å². The molecule has 1 atom stereocenters. The van der Waals surface area contributed by atoms with Crippen molar-refractivity contribution in [2.24, 2.45) is 5.73 Å². The van der Waals surface area contributed by atoms with Crippen molar-refractivity contribution in [2.45, 2.75) is 12.5 Å². The fourth-order valence-electron chi connectivity index (χ4n) is 2.80. The smallest absolute Gasteiger partial charge is 0.233 e. The van der Waals surface area contributed by atoms with Crippen molar-refractivity contribution in [1.29, 1.82) is 0 Å². The maximum atomic E-state index is 12.7. The van der Waals surface area contributed by atoms with Crippen LogP contribution in [0.4, 0.5) is 5.69 Å². The van der Waals surface area contributed by atoms with Crippen molar-refractivity contribution < 1.29 is 9.53 Å². The number of ether oxygens (including phenoxy) is 1. The number of amides is 1. The molecule has 0 fully saturated rings. The lowest BCUT2D eigenvalue weighted by molar-refractivity contribution is -0.117. The molecule has 1 amide bonds. The second kappa shape index (κ2) is 7.88. The fourth-order valence-corrected chi connectivity index (χ4v) is 2.80. The highest BCUT2D eigenvalue weighted by Crippen LogP contribution is 2.21. The number of hydrogen-bond acceptors (Lipinski definition) is 4. The molecule has 0 bridgehead atoms. The number of anilines is 1. The van der Waals surface area contributed by atoms with Gasteiger partial charge in [0.25, 0.3) is 0 Å². The van der Waals surface area contributed by atoms with E-state index in [2.05, 4.69) is 10.3 Å². The molecule has 0 saturated heterocycles. The molecule has 0 saturated carbocycles. The molecular formula is C20H21N3O2. The zero-order chi connectivity index (χ0) is 17.6. The van der Waals surface area contributed by atoms with Crippen molar-refractivity contribution in [2.75, 3.05) is 19.0 Å². The number of nitrogens with one attached hydrogen (secondary N) is 1. The first-order valence-corrected chi connectivity index (χ1v) is 8.13. The fraction of sp³-hybridized carbons (Fsp3) is 0.200. The summed E-state index contributed by atoms with van der Waals surface area (Å²) in [5, 5.41) is 5.02. The van der Waals surface area contributed by atoms with Gasteiger partial charge in [-0.15, -0.1) is 0 Å². The van der Waals surface area contributed by atoms with Crippen LogP contribution in [0.1, 0.15) is 17.0 Å². The predicted octanol–water partition coefficient (Wildman–Crippen LogP) is 3.06. The Labute approximate surface area is 146 Å². The summed E-state index contributed by atoms with van der Waals surface area (Å²) < 4.78 is 5.11. The zero-order valence-electron chi connectivity index (χ0n) is 14.1. The normalized spacial score (nSPS) is 12.1. The van der Waals surface area contributed by atoms with Gasteiger partial charge in [0.1, 0.15) is 0 Å². The van der Waals surface area contributed by atoms with E-state index >= 15 is 0 Å². The number of benzene rings is 2. The minimum atomic E-state index is -0.398. The molecule has 0 aliphatic heterocycles. The van der Waals surface area contributed by atoms with E-state index in [4.69, 9.17) is 10.5 Å². The van der Waals surface area contributed by atoms with Gasteiger partial charge in [-0.05, 0) is 34.7 Å². The summed E-state index contributed by atoms with van der Waals surface area (Å²) in [7, 11) is 1.66. The highest BCUT2D eigenvalue weighted by atomic mass is 16.5. The summed E-state index contributed by atoms with van der Waals surface area (Å²) in [6, 6.07) is 15.4. The maximum absolute atomic E-state index is 12.7. The Balaban J connectivity index is 1.76. The van der Waals surface area contributed by atoms with E-state index < -0.39 is 5.92 Å². The standard InChI is InChI=1S/C20H21N3O2/c1-25-13-14-2-4-15(5-3-14)19(11-21)20(24)23-18-7-6-17-12-22-9-8-16(17)10-18/h2-10,12,19H,11,13,21H2,1H3,(H,23,24)/t19-/m1/s1. The summed E-state index contributed by atoms with van der Waals surface area (Å²) in [5.74, 6) is -0.514. The Morgan fingerprint density at radius 3 is 2.68 bits per heavy atom. The number of fused-ring (bicyclic) bond motifs is 1. The number of aromatic nitrogens is 1. The molecule has 3 N–H and O–H groups in total. The van der Waals surface area contributed by atoms with Gasteiger partial charge in [-0.2, -0.15) is 0 Å². The average Bonchev–Trinajstić information content (AvgIpc) is 2.64. The number of carbonyl (C=O) groups is 1. The summed E-state index contributed by atoms with van der Waals surface area (Å²) in [6.45, 7) is 0.790. The van der Waals surface area contributed by atoms with E-state index in [1.54, 1.807) is 19.5 Å². The van der Waals surface area contributed by atoms with E-state index in [9.17, 15) is 4.79 Å². The molecular weight excluding hydrogens is 314 g/mol. The minimum absolute atomic E-state index is 0.115. The number of pyridine rings is 1. The first-order chi connectivity index (χ1) is 12.2. The third kappa shape index (κ3) is 4.02.